The number of likely N-dealkylation sites (tertiary alicyclic amines) is 1. The number of benzene rings is 1. The number of amides is 1. The van der Waals surface area contributed by atoms with E-state index in [1.165, 1.54) is 6.42 Å². The smallest absolute Gasteiger partial charge is 0.243 e. The predicted molar refractivity (Wildman–Crippen MR) is 97.8 cm³/mol. The summed E-state index contributed by atoms with van der Waals surface area (Å²) in [5.74, 6) is 0.209. The molecule has 0 bridgehead atoms. The van der Waals surface area contributed by atoms with Crippen molar-refractivity contribution in [2.24, 2.45) is 0 Å². The molecule has 0 radical (unpaired) electrons. The predicted octanol–water partition coefficient (Wildman–Crippen LogP) is 2.80. The van der Waals surface area contributed by atoms with Crippen LogP contribution < -0.4 is 0 Å². The Morgan fingerprint density at radius 2 is 1.68 bits per heavy atom. The quantitative estimate of drug-likeness (QED) is 0.807. The van der Waals surface area contributed by atoms with Crippen molar-refractivity contribution in [1.29, 1.82) is 0 Å². The number of carbonyl (C=O) groups is 1. The average molecular weight is 365 g/mol. The summed E-state index contributed by atoms with van der Waals surface area (Å²) in [7, 11) is -3.35. The first-order valence-electron chi connectivity index (χ1n) is 9.37. The fraction of sp³-hybridized carbons (Fsp3) is 0.632. The van der Waals surface area contributed by atoms with E-state index in [1.54, 1.807) is 16.4 Å². The Morgan fingerprint density at radius 1 is 1.04 bits per heavy atom. The van der Waals surface area contributed by atoms with E-state index in [9.17, 15) is 13.2 Å². The van der Waals surface area contributed by atoms with E-state index in [2.05, 4.69) is 6.92 Å². The summed E-state index contributed by atoms with van der Waals surface area (Å²) in [5, 5.41) is 0. The van der Waals surface area contributed by atoms with E-state index in [-0.39, 0.29) is 5.91 Å². The van der Waals surface area contributed by atoms with Crippen LogP contribution in [0, 0.1) is 0 Å². The number of rotatable bonds is 5. The highest BCUT2D eigenvalue weighted by Gasteiger charge is 2.27. The van der Waals surface area contributed by atoms with Crippen LogP contribution in [0.1, 0.15) is 51.0 Å². The number of nitrogens with zero attached hydrogens (tertiary/aromatic N) is 2. The minimum Gasteiger partial charge on any atom is -0.340 e. The maximum Gasteiger partial charge on any atom is 0.243 e. The van der Waals surface area contributed by atoms with Gasteiger partial charge in [-0.3, -0.25) is 4.79 Å². The number of sulfonamides is 1. The van der Waals surface area contributed by atoms with Crippen molar-refractivity contribution in [2.45, 2.75) is 62.8 Å². The van der Waals surface area contributed by atoms with Gasteiger partial charge in [0.15, 0.2) is 0 Å². The van der Waals surface area contributed by atoms with Gasteiger partial charge < -0.3 is 4.90 Å². The van der Waals surface area contributed by atoms with E-state index in [1.807, 2.05) is 17.0 Å². The standard InChI is InChI=1S/C19H28N2O3S/c1-16-6-2-3-15-21(16)19(22)12-9-17-7-10-18(11-8-17)25(23,24)20-13-4-5-14-20/h7-8,10-11,16H,2-6,9,12-15H2,1H3. The highest BCUT2D eigenvalue weighted by Crippen LogP contribution is 2.22. The first-order valence-corrected chi connectivity index (χ1v) is 10.8. The summed E-state index contributed by atoms with van der Waals surface area (Å²) < 4.78 is 26.6. The molecular weight excluding hydrogens is 336 g/mol. The van der Waals surface area contributed by atoms with E-state index in [0.717, 1.165) is 37.8 Å². The summed E-state index contributed by atoms with van der Waals surface area (Å²) in [4.78, 5) is 14.8. The van der Waals surface area contributed by atoms with E-state index >= 15 is 0 Å². The van der Waals surface area contributed by atoms with Crippen LogP contribution in [0.3, 0.4) is 0 Å². The molecule has 6 heteroatoms. The number of carbonyl (C=O) groups excluding carboxylic acids is 1. The molecule has 1 aromatic carbocycles. The van der Waals surface area contributed by atoms with Crippen molar-refractivity contribution in [3.8, 4) is 0 Å². The summed E-state index contributed by atoms with van der Waals surface area (Å²) in [6, 6.07) is 7.38. The molecule has 2 saturated heterocycles. The Kier molecular flexibility index (Phi) is 5.79. The van der Waals surface area contributed by atoms with Gasteiger partial charge in [0.2, 0.25) is 15.9 Å². The Labute approximate surface area is 151 Å². The third-order valence-electron chi connectivity index (χ3n) is 5.38. The topological polar surface area (TPSA) is 57.7 Å². The maximum atomic E-state index is 12.5. The monoisotopic (exact) mass is 364 g/mol. The third-order valence-corrected chi connectivity index (χ3v) is 7.29. The Hall–Kier alpha value is -1.40. The van der Waals surface area contributed by atoms with Crippen LogP contribution >= 0.6 is 0 Å². The first kappa shape index (κ1) is 18.4. The van der Waals surface area contributed by atoms with Gasteiger partial charge in [0, 0.05) is 32.1 Å². The zero-order valence-electron chi connectivity index (χ0n) is 15.0. The second-order valence-electron chi connectivity index (χ2n) is 7.19. The summed E-state index contributed by atoms with van der Waals surface area (Å²) >= 11 is 0. The van der Waals surface area contributed by atoms with Crippen molar-refractivity contribution >= 4 is 15.9 Å². The molecule has 2 heterocycles. The van der Waals surface area contributed by atoms with Gasteiger partial charge in [-0.1, -0.05) is 12.1 Å². The number of piperidine rings is 1. The van der Waals surface area contributed by atoms with Gasteiger partial charge in [-0.2, -0.15) is 4.31 Å². The van der Waals surface area contributed by atoms with Crippen molar-refractivity contribution in [3.05, 3.63) is 29.8 Å². The molecule has 0 spiro atoms. The number of hydrogen-bond donors (Lipinski definition) is 0. The largest absolute Gasteiger partial charge is 0.340 e. The van der Waals surface area contributed by atoms with Gasteiger partial charge in [-0.15, -0.1) is 0 Å². The van der Waals surface area contributed by atoms with Gasteiger partial charge in [0.25, 0.3) is 0 Å². The highest BCUT2D eigenvalue weighted by molar-refractivity contribution is 7.89. The fourth-order valence-electron chi connectivity index (χ4n) is 3.77. The van der Waals surface area contributed by atoms with Crippen LogP contribution in [-0.4, -0.2) is 49.2 Å². The molecule has 2 aliphatic rings. The molecule has 0 N–H and O–H groups in total. The molecule has 2 aliphatic heterocycles. The van der Waals surface area contributed by atoms with Gasteiger partial charge in [-0.05, 0) is 63.1 Å². The fourth-order valence-corrected chi connectivity index (χ4v) is 5.29. The van der Waals surface area contributed by atoms with Crippen LogP contribution in [0.4, 0.5) is 0 Å². The zero-order valence-corrected chi connectivity index (χ0v) is 15.8. The molecule has 1 unspecified atom stereocenters. The van der Waals surface area contributed by atoms with Gasteiger partial charge >= 0.3 is 0 Å². The lowest BCUT2D eigenvalue weighted by molar-refractivity contribution is -0.134. The normalized spacial score (nSPS) is 22.3. The Bertz CT molecular complexity index is 694. The number of hydrogen-bond acceptors (Lipinski definition) is 3. The molecule has 0 aromatic heterocycles. The molecule has 3 rings (SSSR count). The van der Waals surface area contributed by atoms with Crippen molar-refractivity contribution in [3.63, 3.8) is 0 Å². The SMILES string of the molecule is CC1CCCCN1C(=O)CCc1ccc(S(=O)(=O)N2CCCC2)cc1. The third kappa shape index (κ3) is 4.23. The lowest BCUT2D eigenvalue weighted by Crippen LogP contribution is -2.42. The van der Waals surface area contributed by atoms with Crippen LogP contribution in [0.15, 0.2) is 29.2 Å². The second kappa shape index (κ2) is 7.87. The molecule has 1 atom stereocenters. The minimum atomic E-state index is -3.35. The summed E-state index contributed by atoms with van der Waals surface area (Å²) in [6.07, 6.45) is 6.42. The van der Waals surface area contributed by atoms with E-state index in [4.69, 9.17) is 0 Å². The molecule has 5 nitrogen and oxygen atoms in total. The van der Waals surface area contributed by atoms with E-state index in [0.29, 0.717) is 36.9 Å². The lowest BCUT2D eigenvalue weighted by Gasteiger charge is -2.33. The average Bonchev–Trinajstić information content (AvgIpc) is 3.16. The molecule has 1 amide bonds. The Balaban J connectivity index is 1.58. The summed E-state index contributed by atoms with van der Waals surface area (Å²) in [5.41, 5.74) is 1.01. The highest BCUT2D eigenvalue weighted by atomic mass is 32.2. The molecule has 1 aromatic rings. The van der Waals surface area contributed by atoms with Gasteiger partial charge in [0.05, 0.1) is 4.90 Å². The van der Waals surface area contributed by atoms with Crippen LogP contribution in [-0.2, 0) is 21.2 Å². The van der Waals surface area contributed by atoms with Crippen molar-refractivity contribution in [2.75, 3.05) is 19.6 Å². The molecule has 0 aliphatic carbocycles. The van der Waals surface area contributed by atoms with Crippen LogP contribution in [0.5, 0.6) is 0 Å². The maximum absolute atomic E-state index is 12.5. The van der Waals surface area contributed by atoms with E-state index < -0.39 is 10.0 Å². The summed E-state index contributed by atoms with van der Waals surface area (Å²) in [6.45, 7) is 4.22. The number of aryl methyl sites for hydroxylation is 1. The minimum absolute atomic E-state index is 0.209. The molecule has 138 valence electrons. The molecular formula is C19H28N2O3S. The lowest BCUT2D eigenvalue weighted by atomic mass is 10.0. The van der Waals surface area contributed by atoms with Gasteiger partial charge in [-0.25, -0.2) is 8.42 Å². The second-order valence-corrected chi connectivity index (χ2v) is 9.13. The van der Waals surface area contributed by atoms with Gasteiger partial charge in [0.1, 0.15) is 0 Å². The van der Waals surface area contributed by atoms with Crippen LogP contribution in [0.2, 0.25) is 0 Å². The van der Waals surface area contributed by atoms with Crippen molar-refractivity contribution < 1.29 is 13.2 Å². The van der Waals surface area contributed by atoms with Crippen molar-refractivity contribution in [1.82, 2.24) is 9.21 Å². The molecule has 2 fully saturated rings. The zero-order chi connectivity index (χ0) is 17.9. The molecule has 25 heavy (non-hydrogen) atoms. The molecule has 0 saturated carbocycles. The first-order chi connectivity index (χ1) is 12.0. The Morgan fingerprint density at radius 3 is 2.32 bits per heavy atom. The van der Waals surface area contributed by atoms with Crippen LogP contribution in [0.25, 0.3) is 0 Å².